The molecule has 6 rings (SSSR count). The molecule has 3 saturated heterocycles. The summed E-state index contributed by atoms with van der Waals surface area (Å²) in [6.07, 6.45) is 0. The number of halogens is 4. The molecule has 47 heavy (non-hydrogen) atoms. The smallest absolute Gasteiger partial charge is 0.290 e. The van der Waals surface area contributed by atoms with Gasteiger partial charge in [-0.3, -0.25) is 20.2 Å². The summed E-state index contributed by atoms with van der Waals surface area (Å²) in [4.78, 5) is 24.2. The van der Waals surface area contributed by atoms with Crippen LogP contribution in [0.2, 0.25) is 15.1 Å². The third-order valence-electron chi connectivity index (χ3n) is 6.84. The van der Waals surface area contributed by atoms with E-state index in [0.29, 0.717) is 47.2 Å². The average Bonchev–Trinajstić information content (AvgIpc) is 3.09. The van der Waals surface area contributed by atoms with Crippen molar-refractivity contribution in [3.63, 3.8) is 0 Å². The second-order valence-electron chi connectivity index (χ2n) is 9.94. The summed E-state index contributed by atoms with van der Waals surface area (Å²) in [5.41, 5.74) is 7.96. The minimum atomic E-state index is -0.521. The minimum absolute atomic E-state index is 0.0503. The van der Waals surface area contributed by atoms with E-state index >= 15 is 0 Å². The van der Waals surface area contributed by atoms with E-state index in [1.807, 2.05) is 23.1 Å². The number of hydrogen-bond acceptors (Lipinski definition) is 11. The molecule has 3 heterocycles. The van der Waals surface area contributed by atoms with Gasteiger partial charge in [0.05, 0.1) is 71.6 Å². The number of morpholine rings is 3. The van der Waals surface area contributed by atoms with E-state index < -0.39 is 9.85 Å². The van der Waals surface area contributed by atoms with E-state index in [-0.39, 0.29) is 21.4 Å². The summed E-state index contributed by atoms with van der Waals surface area (Å²) >= 11 is 20.8. The van der Waals surface area contributed by atoms with Crippen LogP contribution < -0.4 is 20.9 Å². The maximum absolute atomic E-state index is 10.7. The second kappa shape index (κ2) is 20.4. The lowest BCUT2D eigenvalue weighted by molar-refractivity contribution is -0.384. The van der Waals surface area contributed by atoms with Gasteiger partial charge >= 0.3 is 0 Å². The Bertz CT molecular complexity index is 1450. The zero-order chi connectivity index (χ0) is 34.2. The molecular formula is C30H36BrCl3N6O7. The van der Waals surface area contributed by atoms with Crippen LogP contribution in [0.15, 0.2) is 59.1 Å². The Kier molecular flexibility index (Phi) is 16.7. The summed E-state index contributed by atoms with van der Waals surface area (Å²) in [5, 5.41) is 25.2. The molecule has 3 fully saturated rings. The third-order valence-corrected chi connectivity index (χ3v) is 8.93. The summed E-state index contributed by atoms with van der Waals surface area (Å²) in [7, 11) is 0. The van der Waals surface area contributed by atoms with Crippen molar-refractivity contribution < 1.29 is 24.1 Å². The molecule has 0 spiro atoms. The number of nitrogens with zero attached hydrogens (tertiary/aromatic N) is 4. The van der Waals surface area contributed by atoms with Crippen LogP contribution in [0.25, 0.3) is 0 Å². The van der Waals surface area contributed by atoms with Gasteiger partial charge in [-0.25, -0.2) is 0 Å². The van der Waals surface area contributed by atoms with E-state index in [4.69, 9.17) is 54.7 Å². The number of nitrogens with one attached hydrogen (secondary N) is 1. The highest BCUT2D eigenvalue weighted by atomic mass is 79.9. The largest absolute Gasteiger partial charge is 0.397 e. The lowest BCUT2D eigenvalue weighted by atomic mass is 10.2. The predicted molar refractivity (Wildman–Crippen MR) is 190 cm³/mol. The van der Waals surface area contributed by atoms with Crippen LogP contribution >= 0.6 is 50.7 Å². The van der Waals surface area contributed by atoms with Gasteiger partial charge in [0.25, 0.3) is 11.4 Å². The standard InChI is InChI=1S/C10H11ClN2O3.C10H13ClN2O.C6H3BrClNO2.C4H9NO/c11-10-8(12-4-6-16-7-5-12)2-1-3-9(10)13(14)15;11-10-8(12)2-1-3-9(10)13-4-6-14-7-5-13;7-4-2-1-3-5(6(4)8)9(10)11;1-3-6-4-2-5-1/h1-3H,4-7H2;1-3H,4-7,12H2;1-3H;5H,1-4H2. The van der Waals surface area contributed by atoms with Crippen LogP contribution in [-0.4, -0.2) is 88.8 Å². The fourth-order valence-corrected chi connectivity index (χ4v) is 5.54. The van der Waals surface area contributed by atoms with Crippen molar-refractivity contribution in [1.82, 2.24) is 5.32 Å². The highest BCUT2D eigenvalue weighted by molar-refractivity contribution is 9.10. The van der Waals surface area contributed by atoms with Crippen LogP contribution in [0.4, 0.5) is 28.4 Å². The molecule has 17 heteroatoms. The molecule has 3 aromatic carbocycles. The first kappa shape index (κ1) is 38.5. The molecule has 0 saturated carbocycles. The van der Waals surface area contributed by atoms with Crippen molar-refractivity contribution in [3.05, 3.63) is 94.4 Å². The van der Waals surface area contributed by atoms with Crippen LogP contribution in [0.3, 0.4) is 0 Å². The number of nitro groups is 2. The molecule has 0 aliphatic carbocycles. The highest BCUT2D eigenvalue weighted by Crippen LogP contribution is 2.35. The molecule has 256 valence electrons. The van der Waals surface area contributed by atoms with Crippen molar-refractivity contribution in [2.45, 2.75) is 0 Å². The number of benzene rings is 3. The molecule has 0 bridgehead atoms. The first-order valence-corrected chi connectivity index (χ1v) is 16.5. The van der Waals surface area contributed by atoms with Gasteiger partial charge in [-0.15, -0.1) is 0 Å². The number of nitro benzene ring substituents is 2. The molecule has 13 nitrogen and oxygen atoms in total. The number of ether oxygens (including phenoxy) is 3. The summed E-state index contributed by atoms with van der Waals surface area (Å²) in [6.45, 7) is 9.77. The maximum atomic E-state index is 10.7. The SMILES string of the molecule is C1COCCN1.Nc1cccc(N2CCOCC2)c1Cl.O=[N+]([O-])c1cccc(Br)c1Cl.O=[N+]([O-])c1cccc(N2CCOCC2)c1Cl. The van der Waals surface area contributed by atoms with Gasteiger partial charge < -0.3 is 35.1 Å². The minimum Gasteiger partial charge on any atom is -0.397 e. The molecule has 3 aliphatic heterocycles. The first-order valence-electron chi connectivity index (χ1n) is 14.6. The summed E-state index contributed by atoms with van der Waals surface area (Å²) < 4.78 is 16.0. The summed E-state index contributed by atoms with van der Waals surface area (Å²) in [5.74, 6) is 0. The van der Waals surface area contributed by atoms with Gasteiger partial charge in [0.15, 0.2) is 0 Å². The normalized spacial score (nSPS) is 15.9. The Balaban J connectivity index is 0.000000178. The molecule has 3 aromatic rings. The average molecular weight is 779 g/mol. The van der Waals surface area contributed by atoms with Crippen LogP contribution in [0.5, 0.6) is 0 Å². The van der Waals surface area contributed by atoms with E-state index in [1.165, 1.54) is 12.1 Å². The Labute approximate surface area is 296 Å². The van der Waals surface area contributed by atoms with Gasteiger partial charge in [-0.2, -0.15) is 0 Å². The van der Waals surface area contributed by atoms with Gasteiger partial charge in [0, 0.05) is 55.9 Å². The van der Waals surface area contributed by atoms with E-state index in [0.717, 1.165) is 58.3 Å². The van der Waals surface area contributed by atoms with Gasteiger partial charge in [0.1, 0.15) is 10.0 Å². The first-order chi connectivity index (χ1) is 22.6. The zero-order valence-electron chi connectivity index (χ0n) is 25.4. The molecule has 0 radical (unpaired) electrons. The Morgan fingerprint density at radius 3 is 1.51 bits per heavy atom. The second-order valence-corrected chi connectivity index (χ2v) is 11.9. The Hall–Kier alpha value is -2.95. The maximum Gasteiger partial charge on any atom is 0.290 e. The van der Waals surface area contributed by atoms with Crippen LogP contribution in [0.1, 0.15) is 0 Å². The molecular weight excluding hydrogens is 743 g/mol. The zero-order valence-corrected chi connectivity index (χ0v) is 29.3. The number of rotatable bonds is 4. The number of nitrogens with two attached hydrogens (primary N) is 1. The number of anilines is 3. The van der Waals surface area contributed by atoms with E-state index in [1.54, 1.807) is 24.3 Å². The fourth-order valence-electron chi connectivity index (χ4n) is 4.43. The predicted octanol–water partition coefficient (Wildman–Crippen LogP) is 6.46. The van der Waals surface area contributed by atoms with E-state index in [2.05, 4.69) is 26.1 Å². The lowest BCUT2D eigenvalue weighted by Gasteiger charge is -2.29. The van der Waals surface area contributed by atoms with Crippen LogP contribution in [-0.2, 0) is 14.2 Å². The Morgan fingerprint density at radius 2 is 1.09 bits per heavy atom. The van der Waals surface area contributed by atoms with E-state index in [9.17, 15) is 20.2 Å². The molecule has 0 aromatic heterocycles. The quantitative estimate of drug-likeness (QED) is 0.170. The monoisotopic (exact) mass is 776 g/mol. The topological polar surface area (TPSA) is 158 Å². The van der Waals surface area contributed by atoms with Crippen LogP contribution in [0, 0.1) is 20.2 Å². The van der Waals surface area contributed by atoms with Crippen molar-refractivity contribution in [2.75, 3.05) is 94.4 Å². The molecule has 3 aliphatic rings. The van der Waals surface area contributed by atoms with Crippen molar-refractivity contribution >= 4 is 79.2 Å². The molecule has 0 unspecified atom stereocenters. The number of hydrogen-bond donors (Lipinski definition) is 2. The van der Waals surface area contributed by atoms with Gasteiger partial charge in [0.2, 0.25) is 0 Å². The van der Waals surface area contributed by atoms with Crippen molar-refractivity contribution in [3.8, 4) is 0 Å². The highest BCUT2D eigenvalue weighted by Gasteiger charge is 2.21. The molecule has 0 amide bonds. The van der Waals surface area contributed by atoms with Crippen molar-refractivity contribution in [1.29, 1.82) is 0 Å². The lowest BCUT2D eigenvalue weighted by Crippen LogP contribution is -2.36. The van der Waals surface area contributed by atoms with Crippen molar-refractivity contribution in [2.24, 2.45) is 0 Å². The third kappa shape index (κ3) is 12.2. The molecule has 3 N–H and O–H groups in total. The number of nitrogen functional groups attached to an aromatic ring is 1. The van der Waals surface area contributed by atoms with Gasteiger partial charge in [-0.05, 0) is 40.2 Å². The fraction of sp³-hybridized carbons (Fsp3) is 0.400. The summed E-state index contributed by atoms with van der Waals surface area (Å²) in [6, 6.07) is 15.1. The molecule has 0 atom stereocenters. The van der Waals surface area contributed by atoms with Gasteiger partial charge in [-0.1, -0.05) is 53.0 Å². The Morgan fingerprint density at radius 1 is 0.660 bits per heavy atom.